The van der Waals surface area contributed by atoms with Crippen LogP contribution in [0.3, 0.4) is 0 Å². The van der Waals surface area contributed by atoms with E-state index in [0.29, 0.717) is 6.42 Å². The summed E-state index contributed by atoms with van der Waals surface area (Å²) in [4.78, 5) is 0. The van der Waals surface area contributed by atoms with Crippen LogP contribution in [0.1, 0.15) is 12.5 Å². The second-order valence-corrected chi connectivity index (χ2v) is 4.20. The van der Waals surface area contributed by atoms with Crippen molar-refractivity contribution in [2.24, 2.45) is 0 Å². The van der Waals surface area contributed by atoms with Gasteiger partial charge >= 0.3 is 0 Å². The third-order valence-corrected chi connectivity index (χ3v) is 2.79. The van der Waals surface area contributed by atoms with Gasteiger partial charge in [0, 0.05) is 22.5 Å². The van der Waals surface area contributed by atoms with Gasteiger partial charge in [-0.2, -0.15) is 0 Å². The van der Waals surface area contributed by atoms with Gasteiger partial charge in [0.25, 0.3) is 0 Å². The Morgan fingerprint density at radius 2 is 2.00 bits per heavy atom. The molecule has 15 heavy (non-hydrogen) atoms. The molecule has 1 rings (SSSR count). The van der Waals surface area contributed by atoms with Gasteiger partial charge < -0.3 is 14.6 Å². The van der Waals surface area contributed by atoms with Crippen molar-refractivity contribution in [2.45, 2.75) is 19.4 Å². The van der Waals surface area contributed by atoms with Crippen LogP contribution in [0.4, 0.5) is 0 Å². The Bertz CT molecular complexity index is 337. The minimum Gasteiger partial charge on any atom is -0.497 e. The van der Waals surface area contributed by atoms with Crippen molar-refractivity contribution in [3.63, 3.8) is 0 Å². The SMILES string of the molecule is COc1cc(Br)c(CC(C)O)c(OC)c1. The fourth-order valence-electron chi connectivity index (χ4n) is 1.38. The van der Waals surface area contributed by atoms with Crippen LogP contribution < -0.4 is 9.47 Å². The molecule has 0 aromatic heterocycles. The maximum atomic E-state index is 9.37. The van der Waals surface area contributed by atoms with Gasteiger partial charge in [-0.3, -0.25) is 0 Å². The van der Waals surface area contributed by atoms with E-state index >= 15 is 0 Å². The molecule has 1 aromatic carbocycles. The third-order valence-electron chi connectivity index (χ3n) is 2.08. The van der Waals surface area contributed by atoms with Crippen LogP contribution in [-0.4, -0.2) is 25.4 Å². The van der Waals surface area contributed by atoms with Crippen LogP contribution in [0.25, 0.3) is 0 Å². The lowest BCUT2D eigenvalue weighted by molar-refractivity contribution is 0.194. The Labute approximate surface area is 98.1 Å². The van der Waals surface area contributed by atoms with Crippen LogP contribution >= 0.6 is 15.9 Å². The van der Waals surface area contributed by atoms with Gasteiger partial charge in [0.15, 0.2) is 0 Å². The average Bonchev–Trinajstić information content (AvgIpc) is 2.20. The van der Waals surface area contributed by atoms with Crippen LogP contribution in [0.2, 0.25) is 0 Å². The molecule has 1 N–H and O–H groups in total. The van der Waals surface area contributed by atoms with E-state index < -0.39 is 6.10 Å². The Hall–Kier alpha value is -0.740. The first kappa shape index (κ1) is 12.3. The second kappa shape index (κ2) is 5.37. The number of rotatable bonds is 4. The summed E-state index contributed by atoms with van der Waals surface area (Å²) in [7, 11) is 3.21. The summed E-state index contributed by atoms with van der Waals surface area (Å²) < 4.78 is 11.3. The molecule has 0 saturated heterocycles. The smallest absolute Gasteiger partial charge is 0.126 e. The lowest BCUT2D eigenvalue weighted by atomic mass is 10.1. The highest BCUT2D eigenvalue weighted by Gasteiger charge is 2.12. The van der Waals surface area contributed by atoms with Crippen molar-refractivity contribution in [1.29, 1.82) is 0 Å². The molecule has 1 unspecified atom stereocenters. The standard InChI is InChI=1S/C11H15BrO3/c1-7(13)4-9-10(12)5-8(14-2)6-11(9)15-3/h5-7,13H,4H2,1-3H3. The molecule has 84 valence electrons. The van der Waals surface area contributed by atoms with Crippen molar-refractivity contribution in [2.75, 3.05) is 14.2 Å². The van der Waals surface area contributed by atoms with E-state index in [1.54, 1.807) is 21.1 Å². The molecule has 0 heterocycles. The lowest BCUT2D eigenvalue weighted by Crippen LogP contribution is -2.06. The second-order valence-electron chi connectivity index (χ2n) is 3.34. The number of hydrogen-bond donors (Lipinski definition) is 1. The molecule has 0 spiro atoms. The Morgan fingerprint density at radius 1 is 1.33 bits per heavy atom. The van der Waals surface area contributed by atoms with E-state index in [1.807, 2.05) is 12.1 Å². The Kier molecular flexibility index (Phi) is 4.42. The summed E-state index contributed by atoms with van der Waals surface area (Å²) in [5.74, 6) is 1.45. The predicted octanol–water partition coefficient (Wildman–Crippen LogP) is 2.39. The van der Waals surface area contributed by atoms with Gasteiger partial charge in [0.2, 0.25) is 0 Å². The molecule has 4 heteroatoms. The summed E-state index contributed by atoms with van der Waals surface area (Å²) >= 11 is 3.44. The van der Waals surface area contributed by atoms with E-state index in [-0.39, 0.29) is 0 Å². The zero-order valence-corrected chi connectivity index (χ0v) is 10.7. The molecule has 0 aliphatic heterocycles. The molecular weight excluding hydrogens is 260 g/mol. The van der Waals surface area contributed by atoms with E-state index in [0.717, 1.165) is 21.5 Å². The molecule has 0 radical (unpaired) electrons. The molecule has 0 saturated carbocycles. The number of aliphatic hydroxyl groups excluding tert-OH is 1. The maximum Gasteiger partial charge on any atom is 0.126 e. The number of benzene rings is 1. The van der Waals surface area contributed by atoms with E-state index in [4.69, 9.17) is 9.47 Å². The first-order valence-electron chi connectivity index (χ1n) is 4.67. The largest absolute Gasteiger partial charge is 0.497 e. The molecule has 0 fully saturated rings. The molecule has 0 bridgehead atoms. The normalized spacial score (nSPS) is 12.3. The number of methoxy groups -OCH3 is 2. The first-order valence-corrected chi connectivity index (χ1v) is 5.46. The highest BCUT2D eigenvalue weighted by Crippen LogP contribution is 2.33. The Balaban J connectivity index is 3.12. The van der Waals surface area contributed by atoms with Crippen LogP contribution in [-0.2, 0) is 6.42 Å². The van der Waals surface area contributed by atoms with Gasteiger partial charge in [0.05, 0.1) is 20.3 Å². The van der Waals surface area contributed by atoms with E-state index in [2.05, 4.69) is 15.9 Å². The average molecular weight is 275 g/mol. The molecular formula is C11H15BrO3. The van der Waals surface area contributed by atoms with Gasteiger partial charge in [-0.15, -0.1) is 0 Å². The number of ether oxygens (including phenoxy) is 2. The van der Waals surface area contributed by atoms with E-state index in [9.17, 15) is 5.11 Å². The van der Waals surface area contributed by atoms with Crippen molar-refractivity contribution >= 4 is 15.9 Å². The molecule has 3 nitrogen and oxygen atoms in total. The number of aliphatic hydroxyl groups is 1. The minimum absolute atomic E-state index is 0.399. The van der Waals surface area contributed by atoms with Gasteiger partial charge in [-0.05, 0) is 13.0 Å². The van der Waals surface area contributed by atoms with E-state index in [1.165, 1.54) is 0 Å². The van der Waals surface area contributed by atoms with Crippen LogP contribution in [0, 0.1) is 0 Å². The molecule has 0 amide bonds. The molecule has 1 atom stereocenters. The Morgan fingerprint density at radius 3 is 2.47 bits per heavy atom. The lowest BCUT2D eigenvalue weighted by Gasteiger charge is -2.13. The zero-order chi connectivity index (χ0) is 11.4. The number of halogens is 1. The minimum atomic E-state index is -0.399. The molecule has 0 aliphatic rings. The zero-order valence-electron chi connectivity index (χ0n) is 9.08. The monoisotopic (exact) mass is 274 g/mol. The number of hydrogen-bond acceptors (Lipinski definition) is 3. The fourth-order valence-corrected chi connectivity index (χ4v) is 1.96. The van der Waals surface area contributed by atoms with Crippen molar-refractivity contribution in [1.82, 2.24) is 0 Å². The summed E-state index contributed by atoms with van der Waals surface area (Å²) in [6, 6.07) is 3.67. The van der Waals surface area contributed by atoms with Crippen LogP contribution in [0.15, 0.2) is 16.6 Å². The van der Waals surface area contributed by atoms with Crippen molar-refractivity contribution < 1.29 is 14.6 Å². The van der Waals surface area contributed by atoms with Gasteiger partial charge in [-0.1, -0.05) is 15.9 Å². The third kappa shape index (κ3) is 3.11. The quantitative estimate of drug-likeness (QED) is 0.917. The topological polar surface area (TPSA) is 38.7 Å². The fraction of sp³-hybridized carbons (Fsp3) is 0.455. The summed E-state index contributed by atoms with van der Waals surface area (Å²) in [5.41, 5.74) is 0.952. The summed E-state index contributed by atoms with van der Waals surface area (Å²) in [5, 5.41) is 9.37. The van der Waals surface area contributed by atoms with Crippen LogP contribution in [0.5, 0.6) is 11.5 Å². The summed E-state index contributed by atoms with van der Waals surface area (Å²) in [6.07, 6.45) is 0.150. The summed E-state index contributed by atoms with van der Waals surface area (Å²) in [6.45, 7) is 1.75. The molecule has 0 aliphatic carbocycles. The van der Waals surface area contributed by atoms with Crippen molar-refractivity contribution in [3.8, 4) is 11.5 Å². The first-order chi connectivity index (χ1) is 7.08. The highest BCUT2D eigenvalue weighted by atomic mass is 79.9. The van der Waals surface area contributed by atoms with Crippen molar-refractivity contribution in [3.05, 3.63) is 22.2 Å². The van der Waals surface area contributed by atoms with Gasteiger partial charge in [-0.25, -0.2) is 0 Å². The highest BCUT2D eigenvalue weighted by molar-refractivity contribution is 9.10. The maximum absolute atomic E-state index is 9.37. The molecule has 1 aromatic rings. The predicted molar refractivity (Wildman–Crippen MR) is 62.6 cm³/mol. The van der Waals surface area contributed by atoms with Gasteiger partial charge in [0.1, 0.15) is 11.5 Å².